The minimum Gasteiger partial charge on any atom is -0.337 e. The number of carbonyl (C=O) groups is 2. The molecule has 0 saturated carbocycles. The quantitative estimate of drug-likeness (QED) is 0.241. The Morgan fingerprint density at radius 1 is 1.00 bits per heavy atom. The van der Waals surface area contributed by atoms with Crippen LogP contribution >= 0.6 is 0 Å². The number of nitrogens with zero attached hydrogens (tertiary/aromatic N) is 4. The zero-order valence-corrected chi connectivity index (χ0v) is 24.9. The van der Waals surface area contributed by atoms with E-state index in [4.69, 9.17) is 0 Å². The first-order valence-corrected chi connectivity index (χ1v) is 15.1. The van der Waals surface area contributed by atoms with Gasteiger partial charge in [-0.1, -0.05) is 50.1 Å². The van der Waals surface area contributed by atoms with Crippen molar-refractivity contribution in [3.63, 3.8) is 0 Å². The zero-order valence-electron chi connectivity index (χ0n) is 24.9. The van der Waals surface area contributed by atoms with Gasteiger partial charge in [-0.25, -0.2) is 14.3 Å². The van der Waals surface area contributed by atoms with Crippen LogP contribution in [0.3, 0.4) is 0 Å². The molecule has 3 N–H and O–H groups in total. The van der Waals surface area contributed by atoms with Gasteiger partial charge >= 0.3 is 6.03 Å². The van der Waals surface area contributed by atoms with Gasteiger partial charge in [0.1, 0.15) is 5.82 Å². The van der Waals surface area contributed by atoms with Crippen molar-refractivity contribution in [2.24, 2.45) is 0 Å². The number of halogens is 1. The van der Waals surface area contributed by atoms with Crippen LogP contribution in [0.25, 0.3) is 10.8 Å². The van der Waals surface area contributed by atoms with Crippen LogP contribution < -0.4 is 16.2 Å². The molecule has 3 amide bonds. The first-order valence-electron chi connectivity index (χ1n) is 15.1. The molecule has 1 saturated heterocycles. The minimum atomic E-state index is -0.567. The number of hydrogen-bond donors (Lipinski definition) is 3. The number of fused-ring (bicyclic) bond motifs is 1. The van der Waals surface area contributed by atoms with Gasteiger partial charge in [0.2, 0.25) is 0 Å². The van der Waals surface area contributed by atoms with E-state index in [0.717, 1.165) is 35.8 Å². The Balaban J connectivity index is 1.19. The van der Waals surface area contributed by atoms with E-state index in [2.05, 4.69) is 37.6 Å². The van der Waals surface area contributed by atoms with Crippen molar-refractivity contribution in [1.29, 1.82) is 0 Å². The Morgan fingerprint density at radius 3 is 2.55 bits per heavy atom. The number of aromatic nitrogens is 3. The maximum absolute atomic E-state index is 14.9. The summed E-state index contributed by atoms with van der Waals surface area (Å²) in [5.41, 5.74) is 2.06. The highest BCUT2D eigenvalue weighted by atomic mass is 19.1. The number of aromatic amines is 1. The standard InChI is InChI=1S/C33H38FN7O3/c1-2-3-8-25(22-37-33(44)36-21-24-7-6-13-35-20-24)40-14-16-41(17-15-40)32(43)28-18-23(11-12-29(28)34)19-30-26-9-4-5-10-27(26)31(42)39-38-30/h4-7,9-13,18,20,25H,2-3,8,14-17,19,21-22H2,1H3,(H,39,42)(H2,36,37,44). The highest BCUT2D eigenvalue weighted by Gasteiger charge is 2.28. The van der Waals surface area contributed by atoms with Gasteiger partial charge in [-0.15, -0.1) is 0 Å². The van der Waals surface area contributed by atoms with E-state index in [0.29, 0.717) is 56.8 Å². The first-order chi connectivity index (χ1) is 21.4. The van der Waals surface area contributed by atoms with Gasteiger partial charge < -0.3 is 15.5 Å². The van der Waals surface area contributed by atoms with Crippen molar-refractivity contribution in [3.05, 3.63) is 106 Å². The second-order valence-corrected chi connectivity index (χ2v) is 11.1. The van der Waals surface area contributed by atoms with E-state index < -0.39 is 5.82 Å². The molecule has 11 heteroatoms. The molecular weight excluding hydrogens is 561 g/mol. The molecule has 0 aliphatic carbocycles. The van der Waals surface area contributed by atoms with E-state index >= 15 is 0 Å². The van der Waals surface area contributed by atoms with E-state index in [-0.39, 0.29) is 29.1 Å². The van der Waals surface area contributed by atoms with Crippen LogP contribution in [0.4, 0.5) is 9.18 Å². The second kappa shape index (κ2) is 14.7. The summed E-state index contributed by atoms with van der Waals surface area (Å²) in [5, 5.41) is 13.9. The summed E-state index contributed by atoms with van der Waals surface area (Å²) < 4.78 is 14.9. The van der Waals surface area contributed by atoms with Crippen molar-refractivity contribution >= 4 is 22.7 Å². The lowest BCUT2D eigenvalue weighted by Crippen LogP contribution is -2.55. The SMILES string of the molecule is CCCCC(CNC(=O)NCc1cccnc1)N1CCN(C(=O)c2cc(Cc3n[nH]c(=O)c4ccccc34)ccc2F)CC1. The van der Waals surface area contributed by atoms with Crippen molar-refractivity contribution in [2.45, 2.75) is 45.2 Å². The molecule has 10 nitrogen and oxygen atoms in total. The molecule has 44 heavy (non-hydrogen) atoms. The summed E-state index contributed by atoms with van der Waals surface area (Å²) in [6.07, 6.45) is 6.75. The Bertz CT molecular complexity index is 1640. The number of H-pyrrole nitrogens is 1. The molecule has 0 bridgehead atoms. The molecule has 2 aromatic heterocycles. The molecule has 1 aliphatic heterocycles. The van der Waals surface area contributed by atoms with Crippen molar-refractivity contribution < 1.29 is 14.0 Å². The number of amides is 3. The number of benzene rings is 2. The molecule has 2 aromatic carbocycles. The van der Waals surface area contributed by atoms with Gasteiger partial charge in [-0.3, -0.25) is 19.5 Å². The van der Waals surface area contributed by atoms with Gasteiger partial charge in [0, 0.05) is 69.5 Å². The largest absolute Gasteiger partial charge is 0.337 e. The van der Waals surface area contributed by atoms with Crippen molar-refractivity contribution in [1.82, 2.24) is 35.6 Å². The number of nitrogens with one attached hydrogen (secondary N) is 3. The molecule has 1 fully saturated rings. The minimum absolute atomic E-state index is 0.0270. The summed E-state index contributed by atoms with van der Waals surface area (Å²) in [6.45, 7) is 5.23. The molecule has 230 valence electrons. The maximum atomic E-state index is 14.9. The maximum Gasteiger partial charge on any atom is 0.315 e. The van der Waals surface area contributed by atoms with Crippen LogP contribution in [-0.2, 0) is 13.0 Å². The van der Waals surface area contributed by atoms with Gasteiger partial charge in [0.15, 0.2) is 0 Å². The third kappa shape index (κ3) is 7.65. The Morgan fingerprint density at radius 2 is 1.80 bits per heavy atom. The van der Waals surface area contributed by atoms with E-state index in [1.165, 1.54) is 6.07 Å². The van der Waals surface area contributed by atoms with Crippen LogP contribution in [0, 0.1) is 5.82 Å². The first kappa shape index (κ1) is 30.8. The molecule has 1 unspecified atom stereocenters. The number of urea groups is 1. The lowest BCUT2D eigenvalue weighted by Gasteiger charge is -2.39. The van der Waals surface area contributed by atoms with Gasteiger partial charge in [0.05, 0.1) is 16.6 Å². The smallest absolute Gasteiger partial charge is 0.315 e. The van der Waals surface area contributed by atoms with Crippen LogP contribution in [0.5, 0.6) is 0 Å². The number of carbonyl (C=O) groups excluding carboxylic acids is 2. The fourth-order valence-electron chi connectivity index (χ4n) is 5.62. The Hall–Kier alpha value is -4.64. The van der Waals surface area contributed by atoms with E-state index in [1.54, 1.807) is 41.6 Å². The molecular formula is C33H38FN7O3. The van der Waals surface area contributed by atoms with Gasteiger partial charge in [-0.05, 0) is 41.8 Å². The fraction of sp³-hybridized carbons (Fsp3) is 0.364. The third-order valence-electron chi connectivity index (χ3n) is 8.09. The van der Waals surface area contributed by atoms with Gasteiger partial charge in [-0.2, -0.15) is 5.10 Å². The predicted molar refractivity (Wildman–Crippen MR) is 167 cm³/mol. The molecule has 0 spiro atoms. The second-order valence-electron chi connectivity index (χ2n) is 11.1. The number of pyridine rings is 1. The summed E-state index contributed by atoms with van der Waals surface area (Å²) >= 11 is 0. The molecule has 3 heterocycles. The van der Waals surface area contributed by atoms with E-state index in [9.17, 15) is 18.8 Å². The van der Waals surface area contributed by atoms with Crippen LogP contribution in [0.15, 0.2) is 71.8 Å². The van der Waals surface area contributed by atoms with Crippen LogP contribution in [0.1, 0.15) is 53.4 Å². The highest BCUT2D eigenvalue weighted by molar-refractivity contribution is 5.95. The topological polar surface area (TPSA) is 123 Å². The Labute approximate surface area is 255 Å². The number of rotatable bonds is 11. The average Bonchev–Trinajstić information content (AvgIpc) is 3.06. The number of piperazine rings is 1. The van der Waals surface area contributed by atoms with Crippen molar-refractivity contribution in [2.75, 3.05) is 32.7 Å². The summed E-state index contributed by atoms with van der Waals surface area (Å²) in [6, 6.07) is 15.4. The molecule has 5 rings (SSSR count). The van der Waals surface area contributed by atoms with E-state index in [1.807, 2.05) is 24.3 Å². The number of hydrogen-bond acceptors (Lipinski definition) is 6. The molecule has 0 radical (unpaired) electrons. The third-order valence-corrected chi connectivity index (χ3v) is 8.09. The van der Waals surface area contributed by atoms with Gasteiger partial charge in [0.25, 0.3) is 11.5 Å². The lowest BCUT2D eigenvalue weighted by molar-refractivity contribution is 0.0554. The molecule has 4 aromatic rings. The molecule has 1 atom stereocenters. The summed E-state index contributed by atoms with van der Waals surface area (Å²) in [4.78, 5) is 46.2. The van der Waals surface area contributed by atoms with Crippen molar-refractivity contribution in [3.8, 4) is 0 Å². The summed E-state index contributed by atoms with van der Waals surface area (Å²) in [5.74, 6) is -0.913. The fourth-order valence-corrected chi connectivity index (χ4v) is 5.62. The average molecular weight is 600 g/mol. The highest BCUT2D eigenvalue weighted by Crippen LogP contribution is 2.21. The molecule has 1 aliphatic rings. The monoisotopic (exact) mass is 599 g/mol. The zero-order chi connectivity index (χ0) is 30.9. The Kier molecular flexibility index (Phi) is 10.3. The van der Waals surface area contributed by atoms with Crippen LogP contribution in [0.2, 0.25) is 0 Å². The number of unbranched alkanes of at least 4 members (excludes halogenated alkanes) is 1. The lowest BCUT2D eigenvalue weighted by atomic mass is 10.0. The predicted octanol–water partition coefficient (Wildman–Crippen LogP) is 3.86. The van der Waals surface area contributed by atoms with Crippen LogP contribution in [-0.4, -0.2) is 75.7 Å². The normalized spacial score (nSPS) is 14.4. The summed E-state index contributed by atoms with van der Waals surface area (Å²) in [7, 11) is 0.